The topological polar surface area (TPSA) is 88.1 Å². The molecule has 1 unspecified atom stereocenters. The number of hydrogen-bond acceptors (Lipinski definition) is 5. The van der Waals surface area contributed by atoms with Gasteiger partial charge in [0.05, 0.1) is 18.3 Å². The predicted octanol–water partition coefficient (Wildman–Crippen LogP) is 1.86. The number of piperidine rings is 1. The molecule has 0 aromatic heterocycles. The third kappa shape index (κ3) is 6.68. The second-order valence-corrected chi connectivity index (χ2v) is 6.92. The maximum absolute atomic E-state index is 12.5. The molecule has 2 N–H and O–H groups in total. The van der Waals surface area contributed by atoms with Gasteiger partial charge >= 0.3 is 0 Å². The number of rotatable bonds is 8. The highest BCUT2D eigenvalue weighted by Gasteiger charge is 2.24. The quantitative estimate of drug-likeness (QED) is 0.697. The van der Waals surface area contributed by atoms with Crippen molar-refractivity contribution in [1.82, 2.24) is 10.2 Å². The van der Waals surface area contributed by atoms with Crippen LogP contribution in [0.5, 0.6) is 5.75 Å². The van der Waals surface area contributed by atoms with Crippen molar-refractivity contribution in [2.75, 3.05) is 32.8 Å². The van der Waals surface area contributed by atoms with Crippen LogP contribution in [-0.4, -0.2) is 66.9 Å². The molecule has 0 saturated carbocycles. The molecule has 7 nitrogen and oxygen atoms in total. The second kappa shape index (κ2) is 10.5. The highest BCUT2D eigenvalue weighted by Crippen LogP contribution is 2.26. The zero-order valence-electron chi connectivity index (χ0n) is 15.7. The van der Waals surface area contributed by atoms with Crippen LogP contribution in [0, 0.1) is 0 Å². The Labute approximate surface area is 164 Å². The molecule has 0 radical (unpaired) electrons. The summed E-state index contributed by atoms with van der Waals surface area (Å²) >= 11 is 6.04. The van der Waals surface area contributed by atoms with Crippen LogP contribution in [-0.2, 0) is 9.53 Å². The number of aliphatic hydroxyl groups is 1. The van der Waals surface area contributed by atoms with Gasteiger partial charge in [0.1, 0.15) is 11.9 Å². The van der Waals surface area contributed by atoms with Gasteiger partial charge in [0.2, 0.25) is 5.91 Å². The summed E-state index contributed by atoms with van der Waals surface area (Å²) in [6, 6.07) is 4.89. The number of nitrogens with one attached hydrogen (secondary N) is 1. The normalized spacial score (nSPS) is 16.1. The first-order valence-electron chi connectivity index (χ1n) is 9.16. The lowest BCUT2D eigenvalue weighted by Gasteiger charge is -2.31. The van der Waals surface area contributed by atoms with E-state index in [-0.39, 0.29) is 31.1 Å². The molecule has 1 aromatic carbocycles. The van der Waals surface area contributed by atoms with E-state index in [1.165, 1.54) is 0 Å². The third-order valence-electron chi connectivity index (χ3n) is 4.38. The van der Waals surface area contributed by atoms with Gasteiger partial charge in [-0.25, -0.2) is 0 Å². The van der Waals surface area contributed by atoms with Crippen molar-refractivity contribution < 1.29 is 24.2 Å². The van der Waals surface area contributed by atoms with Gasteiger partial charge in [-0.2, -0.15) is 0 Å². The summed E-state index contributed by atoms with van der Waals surface area (Å²) in [5.74, 6) is 0.132. The smallest absolute Gasteiger partial charge is 0.255 e. The minimum absolute atomic E-state index is 0.0608. The van der Waals surface area contributed by atoms with E-state index >= 15 is 0 Å². The Kier molecular flexibility index (Phi) is 8.34. The van der Waals surface area contributed by atoms with E-state index < -0.39 is 6.10 Å². The summed E-state index contributed by atoms with van der Waals surface area (Å²) in [7, 11) is 0. The molecule has 0 spiro atoms. The molecular weight excluding hydrogens is 372 g/mol. The molecule has 1 aliphatic rings. The van der Waals surface area contributed by atoms with Crippen molar-refractivity contribution in [2.45, 2.75) is 38.9 Å². The van der Waals surface area contributed by atoms with Crippen LogP contribution in [0.25, 0.3) is 0 Å². The van der Waals surface area contributed by atoms with Crippen LogP contribution in [0.3, 0.4) is 0 Å². The zero-order valence-corrected chi connectivity index (χ0v) is 16.5. The Hall–Kier alpha value is -1.83. The summed E-state index contributed by atoms with van der Waals surface area (Å²) in [4.78, 5) is 25.7. The molecule has 1 heterocycles. The molecule has 1 fully saturated rings. The van der Waals surface area contributed by atoms with E-state index in [1.54, 1.807) is 30.0 Å². The Morgan fingerprint density at radius 3 is 2.70 bits per heavy atom. The van der Waals surface area contributed by atoms with Crippen molar-refractivity contribution in [3.63, 3.8) is 0 Å². The number of likely N-dealkylation sites (tertiary alicyclic amines) is 1. The van der Waals surface area contributed by atoms with E-state index in [4.69, 9.17) is 21.1 Å². The summed E-state index contributed by atoms with van der Waals surface area (Å²) in [5, 5.41) is 12.9. The molecule has 2 amide bonds. The third-order valence-corrected chi connectivity index (χ3v) is 4.61. The van der Waals surface area contributed by atoms with Gasteiger partial charge in [-0.3, -0.25) is 9.59 Å². The molecule has 1 saturated heterocycles. The van der Waals surface area contributed by atoms with Gasteiger partial charge < -0.3 is 24.8 Å². The van der Waals surface area contributed by atoms with E-state index in [1.807, 2.05) is 6.92 Å². The van der Waals surface area contributed by atoms with Gasteiger partial charge in [-0.15, -0.1) is 0 Å². The molecule has 8 heteroatoms. The van der Waals surface area contributed by atoms with Crippen molar-refractivity contribution in [3.05, 3.63) is 28.8 Å². The first-order valence-corrected chi connectivity index (χ1v) is 9.54. The number of halogens is 1. The Morgan fingerprint density at radius 2 is 2.07 bits per heavy atom. The van der Waals surface area contributed by atoms with E-state index in [0.29, 0.717) is 48.9 Å². The number of benzene rings is 1. The molecular formula is C19H27ClN2O5. The number of aliphatic hydroxyl groups excluding tert-OH is 1. The van der Waals surface area contributed by atoms with Crippen molar-refractivity contribution in [2.24, 2.45) is 0 Å². The van der Waals surface area contributed by atoms with Crippen molar-refractivity contribution in [3.8, 4) is 5.75 Å². The largest absolute Gasteiger partial charge is 0.489 e. The fourth-order valence-electron chi connectivity index (χ4n) is 2.87. The zero-order chi connectivity index (χ0) is 19.8. The standard InChI is InChI=1S/C19H27ClN2O5/c1-3-26-12-15(24)11-21-19(25)17-10-14(20)4-5-18(17)27-16-6-8-22(9-7-16)13(2)23/h4-5,10,15-16,24H,3,6-9,11-12H2,1-2H3,(H,21,25). The highest BCUT2D eigenvalue weighted by molar-refractivity contribution is 6.31. The minimum atomic E-state index is -0.784. The van der Waals surface area contributed by atoms with Crippen LogP contribution in [0.1, 0.15) is 37.0 Å². The van der Waals surface area contributed by atoms with Gasteiger partial charge in [0, 0.05) is 51.0 Å². The number of amides is 2. The fourth-order valence-corrected chi connectivity index (χ4v) is 3.04. The Morgan fingerprint density at radius 1 is 1.37 bits per heavy atom. The van der Waals surface area contributed by atoms with E-state index in [2.05, 4.69) is 5.32 Å². The molecule has 1 aromatic rings. The van der Waals surface area contributed by atoms with Crippen LogP contribution in [0.4, 0.5) is 0 Å². The molecule has 150 valence electrons. The number of ether oxygens (including phenoxy) is 2. The lowest BCUT2D eigenvalue weighted by Crippen LogP contribution is -2.41. The molecule has 0 bridgehead atoms. The van der Waals surface area contributed by atoms with Crippen LogP contribution >= 0.6 is 11.6 Å². The van der Waals surface area contributed by atoms with Gasteiger partial charge in [0.25, 0.3) is 5.91 Å². The number of hydrogen-bond donors (Lipinski definition) is 2. The maximum atomic E-state index is 12.5. The Balaban J connectivity index is 1.97. The second-order valence-electron chi connectivity index (χ2n) is 6.49. The summed E-state index contributed by atoms with van der Waals surface area (Å²) in [6.45, 7) is 5.40. The SMILES string of the molecule is CCOCC(O)CNC(=O)c1cc(Cl)ccc1OC1CCN(C(C)=O)CC1. The van der Waals surface area contributed by atoms with Crippen molar-refractivity contribution in [1.29, 1.82) is 0 Å². The minimum Gasteiger partial charge on any atom is -0.489 e. The first kappa shape index (κ1) is 21.5. The maximum Gasteiger partial charge on any atom is 0.255 e. The first-order chi connectivity index (χ1) is 12.9. The molecule has 1 atom stereocenters. The Bertz CT molecular complexity index is 647. The molecule has 27 heavy (non-hydrogen) atoms. The lowest BCUT2D eigenvalue weighted by molar-refractivity contribution is -0.130. The number of carbonyl (C=O) groups excluding carboxylic acids is 2. The molecule has 1 aliphatic heterocycles. The van der Waals surface area contributed by atoms with E-state index in [9.17, 15) is 14.7 Å². The fraction of sp³-hybridized carbons (Fsp3) is 0.579. The average Bonchev–Trinajstić information content (AvgIpc) is 2.66. The summed E-state index contributed by atoms with van der Waals surface area (Å²) in [6.07, 6.45) is 0.553. The predicted molar refractivity (Wildman–Crippen MR) is 102 cm³/mol. The van der Waals surface area contributed by atoms with Gasteiger partial charge in [0.15, 0.2) is 0 Å². The van der Waals surface area contributed by atoms with Gasteiger partial charge in [-0.05, 0) is 25.1 Å². The monoisotopic (exact) mass is 398 g/mol. The van der Waals surface area contributed by atoms with E-state index in [0.717, 1.165) is 0 Å². The number of nitrogens with zero attached hydrogens (tertiary/aromatic N) is 1. The average molecular weight is 399 g/mol. The summed E-state index contributed by atoms with van der Waals surface area (Å²) in [5.41, 5.74) is 0.320. The van der Waals surface area contributed by atoms with Crippen LogP contribution in [0.2, 0.25) is 5.02 Å². The lowest BCUT2D eigenvalue weighted by atomic mass is 10.1. The van der Waals surface area contributed by atoms with Gasteiger partial charge in [-0.1, -0.05) is 11.6 Å². The molecule has 0 aliphatic carbocycles. The summed E-state index contributed by atoms with van der Waals surface area (Å²) < 4.78 is 11.1. The number of carbonyl (C=O) groups is 2. The van der Waals surface area contributed by atoms with Crippen LogP contribution in [0.15, 0.2) is 18.2 Å². The highest BCUT2D eigenvalue weighted by atomic mass is 35.5. The van der Waals surface area contributed by atoms with Crippen LogP contribution < -0.4 is 10.1 Å². The molecule has 2 rings (SSSR count). The van der Waals surface area contributed by atoms with Crippen molar-refractivity contribution >= 4 is 23.4 Å².